The van der Waals surface area contributed by atoms with E-state index in [0.29, 0.717) is 30.4 Å². The molecule has 0 saturated carbocycles. The minimum atomic E-state index is -2.04. The van der Waals surface area contributed by atoms with Crippen LogP contribution >= 0.6 is 9.24 Å². The lowest BCUT2D eigenvalue weighted by molar-refractivity contribution is -0.153. The molecule has 0 radical (unpaired) electrons. The van der Waals surface area contributed by atoms with E-state index in [9.17, 15) is 14.0 Å². The molecule has 0 spiro atoms. The third-order valence-electron chi connectivity index (χ3n) is 10.4. The lowest BCUT2D eigenvalue weighted by Gasteiger charge is -2.39. The van der Waals surface area contributed by atoms with Crippen LogP contribution in [-0.2, 0) is 34.5 Å². The van der Waals surface area contributed by atoms with E-state index in [0.717, 1.165) is 6.04 Å². The average molecular weight is 851 g/mol. The molecule has 0 amide bonds. The molecule has 0 aliphatic carbocycles. The predicted molar refractivity (Wildman–Crippen MR) is 231 cm³/mol. The van der Waals surface area contributed by atoms with Crippen LogP contribution in [0.1, 0.15) is 87.6 Å². The van der Waals surface area contributed by atoms with Gasteiger partial charge in [-0.25, -0.2) is 9.59 Å². The molecule has 0 bridgehead atoms. The Bertz CT molecular complexity index is 1620. The molecule has 0 aromatic heterocycles. The third-order valence-corrected chi connectivity index (χ3v) is 16.8. The summed E-state index contributed by atoms with van der Waals surface area (Å²) in [5.41, 5.74) is 1.22. The Morgan fingerprint density at radius 3 is 2.26 bits per heavy atom. The second-order valence-corrected chi connectivity index (χ2v) is 28.9. The van der Waals surface area contributed by atoms with Crippen molar-refractivity contribution in [1.82, 2.24) is 0 Å². The minimum absolute atomic E-state index is 0.00390. The molecule has 14 heteroatoms. The number of alkyl halides is 1. The Labute approximate surface area is 345 Å². The molecule has 0 N–H and O–H groups in total. The summed E-state index contributed by atoms with van der Waals surface area (Å²) in [6.45, 7) is 25.7. The summed E-state index contributed by atoms with van der Waals surface area (Å²) in [5.74, 6) is -1.62. The second-order valence-electron chi connectivity index (χ2n) is 18.0. The third kappa shape index (κ3) is 15.5. The molecule has 2 aromatic carbocycles. The van der Waals surface area contributed by atoms with Crippen molar-refractivity contribution in [2.24, 2.45) is 5.92 Å². The monoisotopic (exact) mass is 850 g/mol. The smallest absolute Gasteiger partial charge is 0.342 e. The first kappa shape index (κ1) is 48.7. The van der Waals surface area contributed by atoms with E-state index < -0.39 is 58.5 Å². The fraction of sp³-hybridized carbons (Fsp3) is 0.628. The van der Waals surface area contributed by atoms with Crippen molar-refractivity contribution in [3.05, 3.63) is 71.3 Å². The van der Waals surface area contributed by atoms with Gasteiger partial charge in [0.1, 0.15) is 29.3 Å². The Balaban J connectivity index is 1.94. The number of aryl methyl sites for hydroxylation is 1. The first-order valence-electron chi connectivity index (χ1n) is 19.9. The van der Waals surface area contributed by atoms with E-state index in [1.165, 1.54) is 13.2 Å². The van der Waals surface area contributed by atoms with Gasteiger partial charge in [-0.3, -0.25) is 0 Å². The summed E-state index contributed by atoms with van der Waals surface area (Å²) < 4.78 is 62.1. The van der Waals surface area contributed by atoms with Gasteiger partial charge in [0, 0.05) is 27.4 Å². The van der Waals surface area contributed by atoms with Crippen LogP contribution in [-0.4, -0.2) is 85.1 Å². The van der Waals surface area contributed by atoms with Gasteiger partial charge < -0.3 is 37.6 Å². The van der Waals surface area contributed by atoms with Gasteiger partial charge in [0.25, 0.3) is 0 Å². The number of ether oxygens (including phenoxy) is 7. The van der Waals surface area contributed by atoms with Crippen LogP contribution in [0.3, 0.4) is 0 Å². The maximum atomic E-state index is 14.1. The molecule has 320 valence electrons. The number of methoxy groups -OCH3 is 1. The van der Waals surface area contributed by atoms with Crippen molar-refractivity contribution in [3.8, 4) is 11.5 Å². The molecular formula is C43H68FO10PSi2. The molecule has 1 aliphatic rings. The highest BCUT2D eigenvalue weighted by Gasteiger charge is 2.46. The Morgan fingerprint density at radius 1 is 1.00 bits per heavy atom. The summed E-state index contributed by atoms with van der Waals surface area (Å²) in [4.78, 5) is 27.2. The van der Waals surface area contributed by atoms with Crippen molar-refractivity contribution in [3.63, 3.8) is 0 Å². The summed E-state index contributed by atoms with van der Waals surface area (Å²) >= 11 is 0. The quantitative estimate of drug-likeness (QED) is 0.0396. The Kier molecular flexibility index (Phi) is 18.0. The molecule has 7 atom stereocenters. The number of carbonyl (C=O) groups is 2. The first-order valence-corrected chi connectivity index (χ1v) is 27.2. The van der Waals surface area contributed by atoms with Crippen LogP contribution in [0.15, 0.2) is 54.6 Å². The zero-order valence-electron chi connectivity index (χ0n) is 36.4. The molecule has 57 heavy (non-hydrogen) atoms. The Hall–Kier alpha value is -2.65. The largest absolute Gasteiger partial charge is 0.467 e. The van der Waals surface area contributed by atoms with Gasteiger partial charge in [-0.1, -0.05) is 80.9 Å². The van der Waals surface area contributed by atoms with Crippen molar-refractivity contribution >= 4 is 37.6 Å². The summed E-state index contributed by atoms with van der Waals surface area (Å²) in [6.07, 6.45) is 1.58. The molecule has 3 unspecified atom stereocenters. The van der Waals surface area contributed by atoms with Crippen LogP contribution in [0.2, 0.25) is 43.8 Å². The normalized spacial score (nSPS) is 19.5. The van der Waals surface area contributed by atoms with Crippen LogP contribution in [0.5, 0.6) is 11.5 Å². The van der Waals surface area contributed by atoms with Crippen molar-refractivity contribution in [2.45, 2.75) is 148 Å². The van der Waals surface area contributed by atoms with Crippen LogP contribution in [0, 0.1) is 5.92 Å². The fourth-order valence-electron chi connectivity index (χ4n) is 6.06. The lowest BCUT2D eigenvalue weighted by Crippen LogP contribution is -2.44. The van der Waals surface area contributed by atoms with E-state index in [4.69, 9.17) is 37.6 Å². The van der Waals surface area contributed by atoms with E-state index in [1.54, 1.807) is 30.3 Å². The summed E-state index contributed by atoms with van der Waals surface area (Å²) in [6, 6.07) is 12.8. The highest BCUT2D eigenvalue weighted by Crippen LogP contribution is 2.39. The van der Waals surface area contributed by atoms with Crippen LogP contribution in [0.4, 0.5) is 4.39 Å². The number of benzene rings is 2. The molecule has 3 rings (SSSR count). The standard InChI is InChI=1S/C43H68FO10PSi2/c1-29(30(2)54-57(12,13)42(3,4)5)22-23-34(51-39(45)31-18-15-14-16-19-31)38-35(52-43(6,7)53-38)21-17-20-32-26-33(50-41(44)55)27-36(49-28-47-8)37(32)40(46)48-24-25-56(9,10)11/h14-16,18-19,22-23,26-27,29-30,34-35,38,41H,17,20-21,24-25,28,55H2,1-13H3/b23-22-/t29-,30+,34?,35+,38-,41?/m1/s1. The zero-order chi connectivity index (χ0) is 42.8. The van der Waals surface area contributed by atoms with E-state index in [2.05, 4.69) is 67.4 Å². The average Bonchev–Trinajstić information content (AvgIpc) is 3.41. The lowest BCUT2D eigenvalue weighted by atomic mass is 9.96. The minimum Gasteiger partial charge on any atom is -0.467 e. The highest BCUT2D eigenvalue weighted by atomic mass is 31.0. The number of hydrogen-bond acceptors (Lipinski definition) is 10. The van der Waals surface area contributed by atoms with E-state index in [1.807, 2.05) is 41.3 Å². The second kappa shape index (κ2) is 21.0. The Morgan fingerprint density at radius 2 is 1.67 bits per heavy atom. The van der Waals surface area contributed by atoms with Gasteiger partial charge in [-0.2, -0.15) is 4.39 Å². The van der Waals surface area contributed by atoms with Crippen molar-refractivity contribution in [2.75, 3.05) is 20.5 Å². The topological polar surface area (TPSA) is 108 Å². The molecule has 1 aliphatic heterocycles. The van der Waals surface area contributed by atoms with Gasteiger partial charge >= 0.3 is 11.9 Å². The van der Waals surface area contributed by atoms with Gasteiger partial charge in [0.15, 0.2) is 20.9 Å². The number of carbonyl (C=O) groups excluding carboxylic acids is 2. The van der Waals surface area contributed by atoms with E-state index in [-0.39, 0.29) is 47.5 Å². The summed E-state index contributed by atoms with van der Waals surface area (Å²) in [5, 5.41) is 0.0542. The molecule has 2 aromatic rings. The summed E-state index contributed by atoms with van der Waals surface area (Å²) in [7, 11) is -0.0952. The van der Waals surface area contributed by atoms with Gasteiger partial charge in [-0.05, 0) is 100.0 Å². The molecule has 1 fully saturated rings. The molecular weight excluding hydrogens is 783 g/mol. The van der Waals surface area contributed by atoms with Crippen LogP contribution < -0.4 is 9.47 Å². The molecule has 1 saturated heterocycles. The maximum Gasteiger partial charge on any atom is 0.342 e. The number of rotatable bonds is 21. The highest BCUT2D eigenvalue weighted by molar-refractivity contribution is 7.16. The number of esters is 2. The maximum absolute atomic E-state index is 14.1. The molecule has 10 nitrogen and oxygen atoms in total. The van der Waals surface area contributed by atoms with Crippen molar-refractivity contribution < 1.29 is 51.6 Å². The van der Waals surface area contributed by atoms with Gasteiger partial charge in [0.05, 0.1) is 18.3 Å². The van der Waals surface area contributed by atoms with Gasteiger partial charge in [0.2, 0.25) is 6.10 Å². The van der Waals surface area contributed by atoms with Crippen LogP contribution in [0.25, 0.3) is 0 Å². The van der Waals surface area contributed by atoms with Crippen molar-refractivity contribution in [1.29, 1.82) is 0 Å². The van der Waals surface area contributed by atoms with E-state index >= 15 is 0 Å². The number of hydrogen-bond donors (Lipinski definition) is 0. The molecule has 1 heterocycles. The van der Waals surface area contributed by atoms with Gasteiger partial charge in [-0.15, -0.1) is 0 Å². The zero-order valence-corrected chi connectivity index (χ0v) is 39.6. The first-order chi connectivity index (χ1) is 26.4. The SMILES string of the molecule is COCOc1cc(OC(F)P)cc(CCC[C@@H]2OC(C)(C)O[C@@H]2C(/C=C\[C@@H](C)[C@H](C)O[Si](C)(C)C(C)(C)C)OC(=O)c2ccccc2)c1C(=O)OCC[Si](C)(C)C. The fourth-order valence-corrected chi connectivity index (χ4v) is 8.43. The number of halogens is 1. The predicted octanol–water partition coefficient (Wildman–Crippen LogP) is 10.3.